The van der Waals surface area contributed by atoms with Crippen LogP contribution in [0.4, 0.5) is 0 Å². The minimum atomic E-state index is -3.71. The van der Waals surface area contributed by atoms with Crippen LogP contribution in [-0.2, 0) is 23.0 Å². The number of carbonyl (C=O) groups is 1. The van der Waals surface area contributed by atoms with Crippen molar-refractivity contribution in [1.82, 2.24) is 9.62 Å². The Hall–Kier alpha value is -0.960. The van der Waals surface area contributed by atoms with Gasteiger partial charge in [0.25, 0.3) is 10.0 Å². The van der Waals surface area contributed by atoms with E-state index in [4.69, 9.17) is 0 Å². The van der Waals surface area contributed by atoms with Crippen LogP contribution >= 0.6 is 11.3 Å². The summed E-state index contributed by atoms with van der Waals surface area (Å²) in [5.41, 5.74) is 0.687. The van der Waals surface area contributed by atoms with Gasteiger partial charge in [-0.25, -0.2) is 13.2 Å². The van der Waals surface area contributed by atoms with Crippen molar-refractivity contribution in [2.45, 2.75) is 43.0 Å². The molecule has 1 fully saturated rings. The van der Waals surface area contributed by atoms with Crippen LogP contribution in [0.3, 0.4) is 0 Å². The summed E-state index contributed by atoms with van der Waals surface area (Å²) >= 11 is 1.11. The largest absolute Gasteiger partial charge is 0.478 e. The second kappa shape index (κ2) is 5.35. The molecule has 21 heavy (non-hydrogen) atoms. The molecule has 3 rings (SSSR count). The Morgan fingerprint density at radius 2 is 2.24 bits per heavy atom. The van der Waals surface area contributed by atoms with Crippen molar-refractivity contribution in [3.8, 4) is 0 Å². The predicted molar refractivity (Wildman–Crippen MR) is 79.3 cm³/mol. The topological polar surface area (TPSA) is 86.7 Å². The van der Waals surface area contributed by atoms with Gasteiger partial charge in [-0.2, -0.15) is 4.31 Å². The van der Waals surface area contributed by atoms with E-state index in [0.29, 0.717) is 31.6 Å². The van der Waals surface area contributed by atoms with Crippen LogP contribution in [0.25, 0.3) is 0 Å². The van der Waals surface area contributed by atoms with Gasteiger partial charge < -0.3 is 10.4 Å². The molecule has 0 saturated carbocycles. The predicted octanol–water partition coefficient (Wildman–Crippen LogP) is 1.27. The molecule has 2 aliphatic rings. The normalized spacial score (nSPS) is 23.2. The number of carboxylic acid groups (broad SMARTS) is 1. The quantitative estimate of drug-likeness (QED) is 0.871. The number of carboxylic acids is 1. The van der Waals surface area contributed by atoms with Gasteiger partial charge in [0.15, 0.2) is 0 Å². The SMILES string of the molecule is C[C@H]1CCCN1S(=O)(=O)c1sc2c(c1C(=O)O)CCNC2. The number of sulfonamides is 1. The summed E-state index contributed by atoms with van der Waals surface area (Å²) in [5, 5.41) is 12.6. The molecule has 0 radical (unpaired) electrons. The van der Waals surface area contributed by atoms with Crippen molar-refractivity contribution in [1.29, 1.82) is 0 Å². The highest BCUT2D eigenvalue weighted by atomic mass is 32.2. The summed E-state index contributed by atoms with van der Waals surface area (Å²) in [4.78, 5) is 12.4. The molecule has 2 N–H and O–H groups in total. The third-order valence-electron chi connectivity index (χ3n) is 4.14. The Morgan fingerprint density at radius 3 is 2.86 bits per heavy atom. The molecule has 2 aliphatic heterocycles. The smallest absolute Gasteiger partial charge is 0.338 e. The molecule has 6 nitrogen and oxygen atoms in total. The van der Waals surface area contributed by atoms with E-state index in [-0.39, 0.29) is 15.8 Å². The molecule has 0 spiro atoms. The van der Waals surface area contributed by atoms with Crippen molar-refractivity contribution in [3.63, 3.8) is 0 Å². The number of nitrogens with zero attached hydrogens (tertiary/aromatic N) is 1. The van der Waals surface area contributed by atoms with E-state index in [1.807, 2.05) is 6.92 Å². The van der Waals surface area contributed by atoms with Crippen LogP contribution in [-0.4, -0.2) is 42.9 Å². The Labute approximate surface area is 127 Å². The molecule has 0 unspecified atom stereocenters. The molecule has 0 amide bonds. The average molecular weight is 330 g/mol. The molecule has 8 heteroatoms. The Morgan fingerprint density at radius 1 is 1.48 bits per heavy atom. The van der Waals surface area contributed by atoms with Crippen molar-refractivity contribution in [2.24, 2.45) is 0 Å². The lowest BCUT2D eigenvalue weighted by Gasteiger charge is -2.20. The maximum atomic E-state index is 12.8. The molecule has 0 aliphatic carbocycles. The number of hydrogen-bond donors (Lipinski definition) is 2. The van der Waals surface area contributed by atoms with Crippen LogP contribution in [0.5, 0.6) is 0 Å². The molecule has 1 saturated heterocycles. The van der Waals surface area contributed by atoms with Crippen molar-refractivity contribution in [2.75, 3.05) is 13.1 Å². The zero-order chi connectivity index (χ0) is 15.2. The van der Waals surface area contributed by atoms with E-state index in [1.54, 1.807) is 0 Å². The minimum Gasteiger partial charge on any atom is -0.478 e. The van der Waals surface area contributed by atoms with E-state index in [9.17, 15) is 18.3 Å². The monoisotopic (exact) mass is 330 g/mol. The molecule has 3 heterocycles. The number of thiophene rings is 1. The highest BCUT2D eigenvalue weighted by molar-refractivity contribution is 7.91. The molecule has 0 aromatic carbocycles. The minimum absolute atomic E-state index is 0.00407. The fourth-order valence-corrected chi connectivity index (χ4v) is 6.76. The Bertz CT molecular complexity index is 681. The molecular weight excluding hydrogens is 312 g/mol. The van der Waals surface area contributed by atoms with Gasteiger partial charge in [-0.05, 0) is 38.3 Å². The fraction of sp³-hybridized carbons (Fsp3) is 0.615. The lowest BCUT2D eigenvalue weighted by atomic mass is 10.1. The third kappa shape index (κ3) is 2.40. The van der Waals surface area contributed by atoms with Crippen molar-refractivity contribution < 1.29 is 18.3 Å². The van der Waals surface area contributed by atoms with E-state index >= 15 is 0 Å². The summed E-state index contributed by atoms with van der Waals surface area (Å²) in [5.74, 6) is -1.14. The Balaban J connectivity index is 2.13. The summed E-state index contributed by atoms with van der Waals surface area (Å²) in [6.45, 7) is 3.58. The zero-order valence-electron chi connectivity index (χ0n) is 11.8. The van der Waals surface area contributed by atoms with Crippen LogP contribution in [0.15, 0.2) is 4.21 Å². The van der Waals surface area contributed by atoms with Gasteiger partial charge >= 0.3 is 5.97 Å². The molecule has 0 bridgehead atoms. The standard InChI is InChI=1S/C13H18N2O4S2/c1-8-3-2-6-15(8)21(18,19)13-11(12(16)17)9-4-5-14-7-10(9)20-13/h8,14H,2-7H2,1H3,(H,16,17)/t8-/m0/s1. The zero-order valence-corrected chi connectivity index (χ0v) is 13.4. The lowest BCUT2D eigenvalue weighted by molar-refractivity contribution is 0.0692. The number of nitrogens with one attached hydrogen (secondary N) is 1. The van der Waals surface area contributed by atoms with Crippen molar-refractivity contribution >= 4 is 27.3 Å². The molecule has 116 valence electrons. The van der Waals surface area contributed by atoms with Crippen LogP contribution in [0.2, 0.25) is 0 Å². The lowest BCUT2D eigenvalue weighted by Crippen LogP contribution is -2.34. The van der Waals surface area contributed by atoms with Gasteiger partial charge in [0.05, 0.1) is 5.56 Å². The highest BCUT2D eigenvalue weighted by Gasteiger charge is 2.38. The van der Waals surface area contributed by atoms with Gasteiger partial charge in [0.2, 0.25) is 0 Å². The van der Waals surface area contributed by atoms with Gasteiger partial charge in [-0.3, -0.25) is 0 Å². The first-order chi connectivity index (χ1) is 9.93. The maximum Gasteiger partial charge on any atom is 0.338 e. The Kier molecular flexibility index (Phi) is 3.81. The fourth-order valence-electron chi connectivity index (χ4n) is 3.08. The highest BCUT2D eigenvalue weighted by Crippen LogP contribution is 2.37. The van der Waals surface area contributed by atoms with Gasteiger partial charge in [-0.15, -0.1) is 11.3 Å². The van der Waals surface area contributed by atoms with E-state index in [2.05, 4.69) is 5.32 Å². The first kappa shape index (κ1) is 15.0. The van der Waals surface area contributed by atoms with Gasteiger partial charge in [-0.1, -0.05) is 0 Å². The van der Waals surface area contributed by atoms with E-state index in [0.717, 1.165) is 29.1 Å². The summed E-state index contributed by atoms with van der Waals surface area (Å²) < 4.78 is 27.1. The maximum absolute atomic E-state index is 12.8. The van der Waals surface area contributed by atoms with Crippen LogP contribution in [0.1, 0.15) is 40.6 Å². The average Bonchev–Trinajstić information content (AvgIpc) is 3.02. The van der Waals surface area contributed by atoms with E-state index < -0.39 is 16.0 Å². The van der Waals surface area contributed by atoms with Gasteiger partial charge in [0.1, 0.15) is 4.21 Å². The van der Waals surface area contributed by atoms with Crippen molar-refractivity contribution in [3.05, 3.63) is 16.0 Å². The van der Waals surface area contributed by atoms with E-state index in [1.165, 1.54) is 4.31 Å². The molecular formula is C13H18N2O4S2. The molecule has 1 atom stereocenters. The first-order valence-corrected chi connectivity index (χ1v) is 9.29. The van der Waals surface area contributed by atoms with Gasteiger partial charge in [0, 0.05) is 24.0 Å². The third-order valence-corrected chi connectivity index (χ3v) is 7.89. The summed E-state index contributed by atoms with van der Waals surface area (Å²) in [7, 11) is -3.71. The second-order valence-corrected chi connectivity index (χ2v) is 8.70. The summed E-state index contributed by atoms with van der Waals surface area (Å²) in [6, 6.07) is -0.0612. The first-order valence-electron chi connectivity index (χ1n) is 7.03. The second-order valence-electron chi connectivity index (χ2n) is 5.51. The number of hydrogen-bond acceptors (Lipinski definition) is 5. The van der Waals surface area contributed by atoms with Crippen LogP contribution in [0, 0.1) is 0 Å². The number of rotatable bonds is 3. The summed E-state index contributed by atoms with van der Waals surface area (Å²) in [6.07, 6.45) is 2.22. The number of aromatic carboxylic acids is 1. The number of fused-ring (bicyclic) bond motifs is 1. The van der Waals surface area contributed by atoms with Crippen LogP contribution < -0.4 is 5.32 Å². The molecule has 1 aromatic heterocycles. The molecule has 1 aromatic rings.